The fourth-order valence-electron chi connectivity index (χ4n) is 4.44. The molecule has 6 heteroatoms. The molecule has 3 rings (SSSR count). The molecule has 1 aromatic carbocycles. The Morgan fingerprint density at radius 3 is 2.00 bits per heavy atom. The summed E-state index contributed by atoms with van der Waals surface area (Å²) < 4.78 is 19.4. The number of hydrogen-bond acceptors (Lipinski definition) is 4. The van der Waals surface area contributed by atoms with E-state index < -0.39 is 27.8 Å². The van der Waals surface area contributed by atoms with Crippen molar-refractivity contribution >= 4 is 28.0 Å². The van der Waals surface area contributed by atoms with E-state index in [-0.39, 0.29) is 15.9 Å². The van der Waals surface area contributed by atoms with Crippen molar-refractivity contribution in [3.8, 4) is 29.4 Å². The molecule has 0 heterocycles. The Morgan fingerprint density at radius 2 is 1.45 bits per heavy atom. The minimum absolute atomic E-state index is 0.0383. The summed E-state index contributed by atoms with van der Waals surface area (Å²) in [5.41, 5.74) is -0.539. The maximum Gasteiger partial charge on any atom is 0.207 e. The van der Waals surface area contributed by atoms with E-state index in [1.54, 1.807) is 7.11 Å². The number of ketones is 1. The molecule has 1 aromatic rings. The van der Waals surface area contributed by atoms with Gasteiger partial charge >= 0.3 is 0 Å². The molecule has 0 radical (unpaired) electrons. The molecule has 38 heavy (non-hydrogen) atoms. The highest BCUT2D eigenvalue weighted by Gasteiger charge is 2.59. The van der Waals surface area contributed by atoms with E-state index in [2.05, 4.69) is 91.4 Å². The Balaban J connectivity index is 2.22. The van der Waals surface area contributed by atoms with Crippen molar-refractivity contribution in [1.82, 2.24) is 0 Å². The van der Waals surface area contributed by atoms with Gasteiger partial charge in [0.15, 0.2) is 22.2 Å². The molecule has 1 fully saturated rings. The molecule has 0 spiro atoms. The van der Waals surface area contributed by atoms with Gasteiger partial charge in [-0.05, 0) is 73.2 Å². The third-order valence-corrected chi connectivity index (χ3v) is 17.9. The number of benzene rings is 1. The van der Waals surface area contributed by atoms with Crippen LogP contribution in [0.1, 0.15) is 72.8 Å². The van der Waals surface area contributed by atoms with Gasteiger partial charge in [-0.25, -0.2) is 0 Å². The maximum atomic E-state index is 14.8. The van der Waals surface area contributed by atoms with E-state index in [9.17, 15) is 4.79 Å². The second-order valence-corrected chi connectivity index (χ2v) is 23.2. The SMILES string of the molecule is COc1ccc(/C2=C/C#CC[C@@]3(O[Si](C)(C)C(C)(C)C)CCC[C@@](O[Si](C)(C)C(C)(C)C)(C#C2)C3=O)cc1. The van der Waals surface area contributed by atoms with Crippen molar-refractivity contribution in [2.24, 2.45) is 0 Å². The van der Waals surface area contributed by atoms with Gasteiger partial charge in [0, 0.05) is 18.1 Å². The summed E-state index contributed by atoms with van der Waals surface area (Å²) in [5, 5.41) is -0.119. The lowest BCUT2D eigenvalue weighted by atomic mass is 9.72. The monoisotopic (exact) mass is 550 g/mol. The second-order valence-electron chi connectivity index (χ2n) is 13.8. The van der Waals surface area contributed by atoms with Crippen LogP contribution in [-0.2, 0) is 13.6 Å². The van der Waals surface area contributed by atoms with Crippen molar-refractivity contribution in [3.05, 3.63) is 35.9 Å². The maximum absolute atomic E-state index is 14.8. The molecule has 2 atom stereocenters. The Bertz CT molecular complexity index is 1210. The molecule has 2 bridgehead atoms. The van der Waals surface area contributed by atoms with Crippen molar-refractivity contribution in [1.29, 1.82) is 0 Å². The van der Waals surface area contributed by atoms with Crippen LogP contribution in [0.25, 0.3) is 5.57 Å². The Labute approximate surface area is 233 Å². The number of allylic oxidation sites excluding steroid dienone is 2. The summed E-state index contributed by atoms with van der Waals surface area (Å²) in [6, 6.07) is 7.77. The summed E-state index contributed by atoms with van der Waals surface area (Å²) in [7, 11) is -3.02. The lowest BCUT2D eigenvalue weighted by molar-refractivity contribution is -0.154. The molecule has 2 aliphatic carbocycles. The van der Waals surface area contributed by atoms with Crippen LogP contribution >= 0.6 is 0 Å². The summed E-state index contributed by atoms with van der Waals surface area (Å²) in [6.45, 7) is 22.0. The Kier molecular flexibility index (Phi) is 8.39. The molecule has 0 amide bonds. The molecular weight excluding hydrogens is 505 g/mol. The zero-order valence-electron chi connectivity index (χ0n) is 25.3. The van der Waals surface area contributed by atoms with E-state index in [1.165, 1.54) is 0 Å². The molecule has 0 N–H and O–H groups in total. The molecule has 2 aliphatic rings. The smallest absolute Gasteiger partial charge is 0.207 e. The van der Waals surface area contributed by atoms with E-state index in [0.717, 1.165) is 23.3 Å². The lowest BCUT2D eigenvalue weighted by Crippen LogP contribution is -2.65. The van der Waals surface area contributed by atoms with Crippen LogP contribution in [0.2, 0.25) is 36.3 Å². The number of ether oxygens (including phenoxy) is 1. The quantitative estimate of drug-likeness (QED) is 0.268. The summed E-state index contributed by atoms with van der Waals surface area (Å²) in [5.74, 6) is 14.0. The normalized spacial score (nSPS) is 25.8. The molecule has 0 unspecified atom stereocenters. The summed E-state index contributed by atoms with van der Waals surface area (Å²) in [6.07, 6.45) is 4.21. The van der Waals surface area contributed by atoms with Gasteiger partial charge in [0.1, 0.15) is 11.4 Å². The summed E-state index contributed by atoms with van der Waals surface area (Å²) in [4.78, 5) is 14.8. The molecule has 0 aliphatic heterocycles. The van der Waals surface area contributed by atoms with Gasteiger partial charge in [-0.1, -0.05) is 77.4 Å². The number of methoxy groups -OCH3 is 1. The highest BCUT2D eigenvalue weighted by atomic mass is 28.4. The average Bonchev–Trinajstić information content (AvgIpc) is 2.79. The van der Waals surface area contributed by atoms with Crippen molar-refractivity contribution < 1.29 is 18.4 Å². The Morgan fingerprint density at radius 1 is 0.868 bits per heavy atom. The molecule has 0 aromatic heterocycles. The predicted molar refractivity (Wildman–Crippen MR) is 162 cm³/mol. The molecule has 4 nitrogen and oxygen atoms in total. The number of carbonyl (C=O) groups excluding carboxylic acids is 1. The lowest BCUT2D eigenvalue weighted by Gasteiger charge is -2.51. The van der Waals surface area contributed by atoms with Crippen LogP contribution < -0.4 is 4.74 Å². The minimum atomic E-state index is -2.37. The number of rotatable bonds is 6. The summed E-state index contributed by atoms with van der Waals surface area (Å²) >= 11 is 0. The third kappa shape index (κ3) is 6.05. The fraction of sp³-hybridized carbons (Fsp3) is 0.594. The van der Waals surface area contributed by atoms with Crippen LogP contribution in [-0.4, -0.2) is 40.7 Å². The van der Waals surface area contributed by atoms with Crippen LogP contribution in [0.4, 0.5) is 0 Å². The van der Waals surface area contributed by atoms with Gasteiger partial charge in [0.2, 0.25) is 5.78 Å². The van der Waals surface area contributed by atoms with Crippen molar-refractivity contribution in [2.75, 3.05) is 7.11 Å². The van der Waals surface area contributed by atoms with E-state index in [0.29, 0.717) is 19.3 Å². The number of fused-ring (bicyclic) bond motifs is 2. The second kappa shape index (κ2) is 10.5. The zero-order valence-corrected chi connectivity index (χ0v) is 27.3. The molecule has 0 saturated heterocycles. The van der Waals surface area contributed by atoms with Gasteiger partial charge in [-0.3, -0.25) is 4.79 Å². The van der Waals surface area contributed by atoms with Crippen molar-refractivity contribution in [2.45, 2.75) is 115 Å². The highest BCUT2D eigenvalue weighted by molar-refractivity contribution is 6.75. The molecule has 1 saturated carbocycles. The minimum Gasteiger partial charge on any atom is -0.497 e. The van der Waals surface area contributed by atoms with Crippen LogP contribution in [0.3, 0.4) is 0 Å². The first-order valence-electron chi connectivity index (χ1n) is 13.7. The van der Waals surface area contributed by atoms with Crippen LogP contribution in [0.5, 0.6) is 5.75 Å². The van der Waals surface area contributed by atoms with E-state index in [4.69, 9.17) is 13.6 Å². The van der Waals surface area contributed by atoms with Gasteiger partial charge in [-0.15, -0.1) is 0 Å². The number of Topliss-reactive ketones (excluding diaryl/α,β-unsaturated/α-hetero) is 1. The first-order chi connectivity index (χ1) is 17.4. The van der Waals surface area contributed by atoms with Gasteiger partial charge in [0.05, 0.1) is 7.11 Å². The predicted octanol–water partition coefficient (Wildman–Crippen LogP) is 7.76. The Hall–Kier alpha value is -2.10. The van der Waals surface area contributed by atoms with E-state index in [1.807, 2.05) is 30.3 Å². The van der Waals surface area contributed by atoms with Gasteiger partial charge in [0.25, 0.3) is 0 Å². The zero-order chi connectivity index (χ0) is 28.6. The fourth-order valence-corrected chi connectivity index (χ4v) is 7.41. The first kappa shape index (κ1) is 30.4. The van der Waals surface area contributed by atoms with Gasteiger partial charge in [-0.2, -0.15) is 0 Å². The average molecular weight is 551 g/mol. The topological polar surface area (TPSA) is 44.8 Å². The molecule has 206 valence electrons. The first-order valence-corrected chi connectivity index (χ1v) is 19.5. The molecular formula is C32H46O4Si2. The van der Waals surface area contributed by atoms with Crippen molar-refractivity contribution in [3.63, 3.8) is 0 Å². The standard InChI is InChI=1S/C32H46O4Si2/c1-29(2,3)37(8,9)35-31-21-13-12-15-25(26-16-18-27(34-7)19-17-26)20-24-32(28(31)33,23-14-22-31)36-38(10,11)30(4,5)6/h15-19H,14,21-23H2,1-11H3/b25-15+/t31-,32-/m1/s1. The van der Waals surface area contributed by atoms with E-state index >= 15 is 0 Å². The third-order valence-electron chi connectivity index (χ3n) is 8.87. The van der Waals surface area contributed by atoms with Crippen LogP contribution in [0.15, 0.2) is 30.3 Å². The largest absolute Gasteiger partial charge is 0.497 e. The number of hydrogen-bond donors (Lipinski definition) is 0. The highest BCUT2D eigenvalue weighted by Crippen LogP contribution is 2.48. The van der Waals surface area contributed by atoms with Gasteiger partial charge < -0.3 is 13.6 Å². The number of carbonyl (C=O) groups is 1. The van der Waals surface area contributed by atoms with Crippen LogP contribution in [0, 0.1) is 23.7 Å².